The molecular formula is C10H11Cl2N3O2. The Labute approximate surface area is 108 Å². The van der Waals surface area contributed by atoms with Crippen LogP contribution in [-0.2, 0) is 0 Å². The molecule has 2 saturated carbocycles. The van der Waals surface area contributed by atoms with Crippen molar-refractivity contribution in [1.29, 1.82) is 0 Å². The quantitative estimate of drug-likeness (QED) is 0.857. The van der Waals surface area contributed by atoms with Gasteiger partial charge in [0.15, 0.2) is 5.82 Å². The molecule has 1 aromatic heterocycles. The first-order chi connectivity index (χ1) is 8.03. The lowest BCUT2D eigenvalue weighted by atomic mass is 9.91. The van der Waals surface area contributed by atoms with Gasteiger partial charge < -0.3 is 9.84 Å². The van der Waals surface area contributed by atoms with Gasteiger partial charge >= 0.3 is 11.8 Å². The summed E-state index contributed by atoms with van der Waals surface area (Å²) in [6.45, 7) is 0. The maximum absolute atomic E-state index is 11.7. The molecule has 0 aromatic carbocycles. The molecule has 7 heteroatoms. The van der Waals surface area contributed by atoms with E-state index in [1.54, 1.807) is 0 Å². The van der Waals surface area contributed by atoms with Crippen molar-refractivity contribution in [3.8, 4) is 0 Å². The van der Waals surface area contributed by atoms with Crippen molar-refractivity contribution in [3.05, 3.63) is 11.7 Å². The Bertz CT molecular complexity index is 448. The van der Waals surface area contributed by atoms with Crippen molar-refractivity contribution in [2.24, 2.45) is 0 Å². The number of nitrogens with zero attached hydrogens (tertiary/aromatic N) is 2. The highest BCUT2D eigenvalue weighted by atomic mass is 35.5. The predicted octanol–water partition coefficient (Wildman–Crippen LogP) is 2.01. The second kappa shape index (κ2) is 3.85. The van der Waals surface area contributed by atoms with Gasteiger partial charge in [0, 0.05) is 24.8 Å². The highest BCUT2D eigenvalue weighted by Gasteiger charge is 2.42. The van der Waals surface area contributed by atoms with Crippen LogP contribution in [0.4, 0.5) is 0 Å². The van der Waals surface area contributed by atoms with E-state index in [1.165, 1.54) is 0 Å². The Hall–Kier alpha value is -0.810. The number of alkyl halides is 2. The third kappa shape index (κ3) is 2.40. The highest BCUT2D eigenvalue weighted by Crippen LogP contribution is 2.42. The first kappa shape index (κ1) is 11.3. The average molecular weight is 276 g/mol. The minimum atomic E-state index is -0.702. The average Bonchev–Trinajstić information content (AvgIpc) is 2.93. The van der Waals surface area contributed by atoms with Gasteiger partial charge in [0.05, 0.1) is 0 Å². The predicted molar refractivity (Wildman–Crippen MR) is 61.2 cm³/mol. The lowest BCUT2D eigenvalue weighted by Gasteiger charge is -2.37. The summed E-state index contributed by atoms with van der Waals surface area (Å²) in [5.74, 6) is 0.682. The number of carbonyl (C=O) groups excluding carboxylic acids is 1. The van der Waals surface area contributed by atoms with Gasteiger partial charge in [-0.25, -0.2) is 0 Å². The Kier molecular flexibility index (Phi) is 2.56. The van der Waals surface area contributed by atoms with Crippen molar-refractivity contribution in [1.82, 2.24) is 15.5 Å². The number of rotatable bonds is 3. The van der Waals surface area contributed by atoms with Crippen LogP contribution in [-0.4, -0.2) is 26.4 Å². The number of carbonyl (C=O) groups is 1. The highest BCUT2D eigenvalue weighted by molar-refractivity contribution is 6.49. The van der Waals surface area contributed by atoms with E-state index in [0.717, 1.165) is 12.8 Å². The van der Waals surface area contributed by atoms with Gasteiger partial charge in [-0.2, -0.15) is 4.98 Å². The molecule has 92 valence electrons. The molecule has 1 N–H and O–H groups in total. The van der Waals surface area contributed by atoms with E-state index in [9.17, 15) is 4.79 Å². The summed E-state index contributed by atoms with van der Waals surface area (Å²) in [6.07, 6.45) is 3.24. The summed E-state index contributed by atoms with van der Waals surface area (Å²) in [6, 6.07) is -0.00576. The van der Waals surface area contributed by atoms with Crippen LogP contribution >= 0.6 is 23.2 Å². The minimum Gasteiger partial charge on any atom is -0.345 e. The molecule has 0 saturated heterocycles. The Morgan fingerprint density at radius 3 is 2.71 bits per heavy atom. The van der Waals surface area contributed by atoms with Gasteiger partial charge in [0.1, 0.15) is 4.33 Å². The van der Waals surface area contributed by atoms with Crippen LogP contribution in [0.15, 0.2) is 4.52 Å². The maximum atomic E-state index is 11.7. The third-order valence-electron chi connectivity index (χ3n) is 3.00. The Balaban J connectivity index is 1.58. The van der Waals surface area contributed by atoms with E-state index in [1.807, 2.05) is 0 Å². The summed E-state index contributed by atoms with van der Waals surface area (Å²) in [7, 11) is 0. The Morgan fingerprint density at radius 2 is 2.12 bits per heavy atom. The monoisotopic (exact) mass is 275 g/mol. The summed E-state index contributed by atoms with van der Waals surface area (Å²) in [5.41, 5.74) is 0. The number of nitrogens with one attached hydrogen (secondary N) is 1. The van der Waals surface area contributed by atoms with Crippen molar-refractivity contribution in [2.45, 2.75) is 42.0 Å². The number of amides is 1. The molecule has 2 aliphatic carbocycles. The van der Waals surface area contributed by atoms with Gasteiger partial charge in [-0.1, -0.05) is 5.16 Å². The molecular weight excluding hydrogens is 265 g/mol. The molecule has 0 spiro atoms. The summed E-state index contributed by atoms with van der Waals surface area (Å²) < 4.78 is 4.21. The van der Waals surface area contributed by atoms with Gasteiger partial charge in [0.2, 0.25) is 0 Å². The van der Waals surface area contributed by atoms with Crippen LogP contribution in [0.1, 0.15) is 48.1 Å². The lowest BCUT2D eigenvalue weighted by Crippen LogP contribution is -2.49. The lowest BCUT2D eigenvalue weighted by molar-refractivity contribution is 0.0869. The maximum Gasteiger partial charge on any atom is 0.315 e. The smallest absolute Gasteiger partial charge is 0.315 e. The first-order valence-corrected chi connectivity index (χ1v) is 6.31. The van der Waals surface area contributed by atoms with Crippen LogP contribution in [0, 0.1) is 0 Å². The molecule has 0 aliphatic heterocycles. The molecule has 1 heterocycles. The van der Waals surface area contributed by atoms with Crippen molar-refractivity contribution in [3.63, 3.8) is 0 Å². The second-order valence-electron chi connectivity index (χ2n) is 4.67. The van der Waals surface area contributed by atoms with Crippen molar-refractivity contribution in [2.75, 3.05) is 0 Å². The van der Waals surface area contributed by atoms with Gasteiger partial charge in [-0.15, -0.1) is 23.2 Å². The number of halogens is 2. The van der Waals surface area contributed by atoms with Crippen LogP contribution in [0.2, 0.25) is 0 Å². The standard InChI is InChI=1S/C10H11Cl2N3O2/c11-10(12)3-6(4-10)13-8(16)9-14-7(15-17-9)5-1-2-5/h5-6H,1-4H2,(H,13,16). The topological polar surface area (TPSA) is 68.0 Å². The molecule has 17 heavy (non-hydrogen) atoms. The van der Waals surface area contributed by atoms with E-state index in [-0.39, 0.29) is 17.8 Å². The molecule has 2 aliphatic rings. The zero-order chi connectivity index (χ0) is 12.0. The van der Waals surface area contributed by atoms with E-state index in [0.29, 0.717) is 24.6 Å². The molecule has 1 aromatic rings. The van der Waals surface area contributed by atoms with Gasteiger partial charge in [0.25, 0.3) is 0 Å². The zero-order valence-corrected chi connectivity index (χ0v) is 10.5. The SMILES string of the molecule is O=C(NC1CC(Cl)(Cl)C1)c1nc(C2CC2)no1. The normalized spacial score (nSPS) is 23.2. The van der Waals surface area contributed by atoms with E-state index in [4.69, 9.17) is 27.7 Å². The van der Waals surface area contributed by atoms with E-state index >= 15 is 0 Å². The Morgan fingerprint density at radius 1 is 1.41 bits per heavy atom. The van der Waals surface area contributed by atoms with Crippen LogP contribution in [0.5, 0.6) is 0 Å². The molecule has 1 amide bonds. The van der Waals surface area contributed by atoms with Crippen LogP contribution in [0.3, 0.4) is 0 Å². The van der Waals surface area contributed by atoms with E-state index in [2.05, 4.69) is 15.5 Å². The number of hydrogen-bond donors (Lipinski definition) is 1. The van der Waals surface area contributed by atoms with Crippen molar-refractivity contribution < 1.29 is 9.32 Å². The molecule has 0 bridgehead atoms. The van der Waals surface area contributed by atoms with Crippen molar-refractivity contribution >= 4 is 29.1 Å². The largest absolute Gasteiger partial charge is 0.345 e. The van der Waals surface area contributed by atoms with Gasteiger partial charge in [-0.05, 0) is 12.8 Å². The molecule has 0 radical (unpaired) electrons. The molecule has 0 unspecified atom stereocenters. The first-order valence-electron chi connectivity index (χ1n) is 5.56. The fourth-order valence-electron chi connectivity index (χ4n) is 1.84. The number of aromatic nitrogens is 2. The molecule has 2 fully saturated rings. The van der Waals surface area contributed by atoms with E-state index < -0.39 is 4.33 Å². The summed E-state index contributed by atoms with van der Waals surface area (Å²) in [5, 5.41) is 6.54. The van der Waals surface area contributed by atoms with Crippen LogP contribution < -0.4 is 5.32 Å². The summed E-state index contributed by atoms with van der Waals surface area (Å²) >= 11 is 11.7. The zero-order valence-electron chi connectivity index (χ0n) is 8.95. The third-order valence-corrected chi connectivity index (χ3v) is 3.62. The van der Waals surface area contributed by atoms with Crippen LogP contribution in [0.25, 0.3) is 0 Å². The second-order valence-corrected chi connectivity index (χ2v) is 6.31. The molecule has 5 nitrogen and oxygen atoms in total. The summed E-state index contributed by atoms with van der Waals surface area (Å²) in [4.78, 5) is 15.8. The molecule has 0 atom stereocenters. The fourth-order valence-corrected chi connectivity index (χ4v) is 2.59. The minimum absolute atomic E-state index is 0.00576. The van der Waals surface area contributed by atoms with Gasteiger partial charge in [-0.3, -0.25) is 4.79 Å². The number of hydrogen-bond acceptors (Lipinski definition) is 4. The fraction of sp³-hybridized carbons (Fsp3) is 0.700. The molecule has 3 rings (SSSR count).